The lowest BCUT2D eigenvalue weighted by atomic mass is 10.5. The van der Waals surface area contributed by atoms with E-state index in [2.05, 4.69) is 20.3 Å². The van der Waals surface area contributed by atoms with Crippen molar-refractivity contribution >= 4 is 32.8 Å². The molecule has 1 rings (SSSR count). The Bertz CT molecular complexity index is 252. The Kier molecular flexibility index (Phi) is 2.02. The van der Waals surface area contributed by atoms with E-state index in [0.717, 1.165) is 0 Å². The van der Waals surface area contributed by atoms with Crippen LogP contribution in [0, 0.1) is 0 Å². The molecule has 6 heteroatoms. The Hall–Kier alpha value is -0.460. The summed E-state index contributed by atoms with van der Waals surface area (Å²) in [6.07, 6.45) is 1.22. The van der Waals surface area contributed by atoms with Crippen molar-refractivity contribution in [2.45, 2.75) is 0 Å². The van der Waals surface area contributed by atoms with Crippen LogP contribution >= 0.6 is 26.9 Å². The number of hydrogen-bond acceptors (Lipinski definition) is 3. The molecule has 0 amide bonds. The molecule has 0 bridgehead atoms. The Balaban J connectivity index is 3.23. The largest absolute Gasteiger partial charge is 0.568 e. The van der Waals surface area contributed by atoms with Crippen molar-refractivity contribution in [2.24, 2.45) is 0 Å². The summed E-state index contributed by atoms with van der Waals surface area (Å²) in [4.78, 5) is 10.1. The fourth-order valence-electron chi connectivity index (χ4n) is 0.466. The van der Waals surface area contributed by atoms with Crippen molar-refractivity contribution in [1.29, 1.82) is 0 Å². The minimum absolute atomic E-state index is 0.194. The van der Waals surface area contributed by atoms with Crippen molar-refractivity contribution in [3.63, 3.8) is 0 Å². The van der Waals surface area contributed by atoms with E-state index in [-0.39, 0.29) is 9.35 Å². The summed E-state index contributed by atoms with van der Waals surface area (Å²) in [7, 11) is -1.72. The number of carboxylic acid groups (broad SMARTS) is 1. The van der Waals surface area contributed by atoms with Gasteiger partial charge in [-0.3, -0.25) is 0 Å². The monoisotopic (exact) mass is 223 g/mol. The molecular weight excluding hydrogens is 222 g/mol. The number of rotatable bonds is 1. The highest BCUT2D eigenvalue weighted by atomic mass is 79.9. The highest BCUT2D eigenvalue weighted by Crippen LogP contribution is 2.25. The third-order valence-corrected chi connectivity index (χ3v) is 2.75. The highest BCUT2D eigenvalue weighted by Gasteiger charge is 2.21. The molecule has 10 heavy (non-hydrogen) atoms. The smallest absolute Gasteiger partial charge is 0.392 e. The molecule has 0 radical (unpaired) electrons. The number of aromatic carboxylic acids is 1. The Morgan fingerprint density at radius 2 is 2.50 bits per heavy atom. The van der Waals surface area contributed by atoms with Gasteiger partial charge >= 0.3 is 5.97 Å². The van der Waals surface area contributed by atoms with E-state index in [4.69, 9.17) is 5.11 Å². The molecule has 1 atom stereocenters. The summed E-state index contributed by atoms with van der Waals surface area (Å²) < 4.78 is 14.3. The van der Waals surface area contributed by atoms with Gasteiger partial charge in [0.05, 0.1) is 10.9 Å². The topological polar surface area (TPSA) is 73.2 Å². The average Bonchev–Trinajstić information content (AvgIpc) is 2.11. The van der Waals surface area contributed by atoms with Gasteiger partial charge in [0.1, 0.15) is 10.7 Å². The molecule has 0 aliphatic heterocycles. The van der Waals surface area contributed by atoms with Crippen LogP contribution in [-0.4, -0.2) is 20.0 Å². The number of aromatic nitrogens is 1. The minimum atomic E-state index is -1.72. The van der Waals surface area contributed by atoms with E-state index < -0.39 is 16.9 Å². The van der Waals surface area contributed by atoms with Gasteiger partial charge in [-0.15, -0.1) is 0 Å². The van der Waals surface area contributed by atoms with E-state index in [1.54, 1.807) is 0 Å². The molecule has 1 N–H and O–H groups in total. The maximum absolute atomic E-state index is 10.7. The van der Waals surface area contributed by atoms with Gasteiger partial charge in [-0.25, -0.2) is 4.79 Å². The van der Waals surface area contributed by atoms with Crippen LogP contribution in [0.25, 0.3) is 0 Å². The van der Waals surface area contributed by atoms with Crippen LogP contribution in [0.4, 0.5) is 0 Å². The van der Waals surface area contributed by atoms with Crippen molar-refractivity contribution < 1.29 is 14.5 Å². The highest BCUT2D eigenvalue weighted by molar-refractivity contribution is 9.10. The SMILES string of the molecule is O=C(O)c1c(Br)cn[s+]1[O-]. The van der Waals surface area contributed by atoms with Gasteiger partial charge in [0.15, 0.2) is 0 Å². The second-order valence-electron chi connectivity index (χ2n) is 1.47. The number of nitrogens with zero attached hydrogens (tertiary/aromatic N) is 1. The summed E-state index contributed by atoms with van der Waals surface area (Å²) in [5.41, 5.74) is 0. The predicted octanol–water partition coefficient (Wildman–Crippen LogP) is 1.27. The molecule has 0 aliphatic carbocycles. The van der Waals surface area contributed by atoms with Gasteiger partial charge < -0.3 is 9.66 Å². The zero-order valence-corrected chi connectivity index (χ0v) is 6.98. The quantitative estimate of drug-likeness (QED) is 0.729. The Labute approximate surface area is 67.6 Å². The summed E-state index contributed by atoms with van der Waals surface area (Å²) >= 11 is 2.90. The summed E-state index contributed by atoms with van der Waals surface area (Å²) in [5.74, 6) is -1.21. The maximum atomic E-state index is 10.7. The van der Waals surface area contributed by atoms with Crippen molar-refractivity contribution in [3.8, 4) is 0 Å². The third kappa shape index (κ3) is 1.18. The van der Waals surface area contributed by atoms with E-state index in [1.807, 2.05) is 0 Å². The molecular formula is C4H2BrNO3S. The summed E-state index contributed by atoms with van der Waals surface area (Å²) in [5, 5.41) is 8.39. The number of hydrogen-bond donors (Lipinski definition) is 1. The Morgan fingerprint density at radius 3 is 2.70 bits per heavy atom. The second-order valence-corrected chi connectivity index (χ2v) is 3.44. The lowest BCUT2D eigenvalue weighted by Gasteiger charge is -1.85. The van der Waals surface area contributed by atoms with Gasteiger partial charge in [0.2, 0.25) is 0 Å². The predicted molar refractivity (Wildman–Crippen MR) is 37.6 cm³/mol. The van der Waals surface area contributed by atoms with E-state index in [1.165, 1.54) is 6.20 Å². The summed E-state index contributed by atoms with van der Waals surface area (Å²) in [6, 6.07) is 0. The molecule has 4 nitrogen and oxygen atoms in total. The van der Waals surface area contributed by atoms with E-state index in [0.29, 0.717) is 0 Å². The molecule has 0 aliphatic rings. The lowest BCUT2D eigenvalue weighted by Crippen LogP contribution is -1.94. The fourth-order valence-corrected chi connectivity index (χ4v) is 1.96. The van der Waals surface area contributed by atoms with Crippen molar-refractivity contribution in [3.05, 3.63) is 15.5 Å². The van der Waals surface area contributed by atoms with Gasteiger partial charge in [-0.05, 0) is 20.3 Å². The molecule has 54 valence electrons. The molecule has 0 saturated carbocycles. The molecule has 1 heterocycles. The van der Waals surface area contributed by atoms with Crippen LogP contribution in [0.3, 0.4) is 0 Å². The standard InChI is InChI=1S/C4H2BrNO3S/c5-2-1-6-10(9)3(2)4(7)8/h1H,(H,7,8). The van der Waals surface area contributed by atoms with Crippen LogP contribution in [0.15, 0.2) is 10.7 Å². The summed E-state index contributed by atoms with van der Waals surface area (Å²) in [6.45, 7) is 0. The number of halogens is 1. The van der Waals surface area contributed by atoms with Crippen LogP contribution in [0.5, 0.6) is 0 Å². The second kappa shape index (κ2) is 2.65. The van der Waals surface area contributed by atoms with Crippen LogP contribution < -0.4 is 0 Å². The minimum Gasteiger partial charge on any atom is -0.568 e. The van der Waals surface area contributed by atoms with Gasteiger partial charge in [-0.1, -0.05) is 0 Å². The molecule has 0 spiro atoms. The number of carbonyl (C=O) groups is 1. The van der Waals surface area contributed by atoms with Gasteiger partial charge in [0.25, 0.3) is 4.88 Å². The van der Waals surface area contributed by atoms with Crippen LogP contribution in [0.2, 0.25) is 0 Å². The van der Waals surface area contributed by atoms with Crippen LogP contribution in [-0.2, 0) is 0 Å². The average molecular weight is 224 g/mol. The molecule has 1 aromatic rings. The molecule has 0 fully saturated rings. The molecule has 1 aromatic heterocycles. The first-order valence-electron chi connectivity index (χ1n) is 2.22. The molecule has 0 aromatic carbocycles. The first-order valence-corrected chi connectivity index (χ1v) is 4.12. The van der Waals surface area contributed by atoms with E-state index >= 15 is 0 Å². The zero-order chi connectivity index (χ0) is 7.72. The first kappa shape index (κ1) is 7.64. The fraction of sp³-hybridized carbons (Fsp3) is 0. The van der Waals surface area contributed by atoms with Crippen molar-refractivity contribution in [2.75, 3.05) is 0 Å². The number of carboxylic acids is 1. The third-order valence-electron chi connectivity index (χ3n) is 0.848. The zero-order valence-electron chi connectivity index (χ0n) is 4.57. The first-order chi connectivity index (χ1) is 4.63. The van der Waals surface area contributed by atoms with Gasteiger partial charge in [-0.2, -0.15) is 0 Å². The maximum Gasteiger partial charge on any atom is 0.392 e. The normalized spacial score (nSPS) is 11.6. The van der Waals surface area contributed by atoms with Gasteiger partial charge in [0, 0.05) is 0 Å². The van der Waals surface area contributed by atoms with E-state index in [9.17, 15) is 9.35 Å². The molecule has 1 unspecified atom stereocenters. The molecule has 0 saturated heterocycles. The lowest BCUT2D eigenvalue weighted by molar-refractivity contribution is 0.0700. The Morgan fingerprint density at radius 1 is 1.90 bits per heavy atom. The van der Waals surface area contributed by atoms with Crippen LogP contribution in [0.1, 0.15) is 9.67 Å². The van der Waals surface area contributed by atoms with Crippen molar-refractivity contribution in [1.82, 2.24) is 4.37 Å².